The first-order valence-corrected chi connectivity index (χ1v) is 7.32. The largest absolute Gasteiger partial charge is 0.370 e. The van der Waals surface area contributed by atoms with Crippen molar-refractivity contribution >= 4 is 43.5 Å². The van der Waals surface area contributed by atoms with Gasteiger partial charge < -0.3 is 11.1 Å². The number of hydrogen-bond donors (Lipinski definition) is 2. The fourth-order valence-electron chi connectivity index (χ4n) is 1.75. The van der Waals surface area contributed by atoms with Crippen LogP contribution in [0.2, 0.25) is 0 Å². The molecule has 0 aliphatic heterocycles. The number of carbonyl (C=O) groups excluding carboxylic acids is 1. The quantitative estimate of drug-likeness (QED) is 0.813. The summed E-state index contributed by atoms with van der Waals surface area (Å²) in [5.74, 6) is -1.13. The number of benzene rings is 2. The van der Waals surface area contributed by atoms with Gasteiger partial charge in [0, 0.05) is 20.2 Å². The molecule has 2 aromatic rings. The highest BCUT2D eigenvalue weighted by molar-refractivity contribution is 9.10. The maximum Gasteiger partial charge on any atom is 0.244 e. The van der Waals surface area contributed by atoms with Gasteiger partial charge in [-0.1, -0.05) is 31.9 Å². The predicted octanol–water partition coefficient (Wildman–Crippen LogP) is 3.99. The number of amides is 1. The van der Waals surface area contributed by atoms with Gasteiger partial charge in [-0.15, -0.1) is 0 Å². The molecular weight excluding hydrogens is 391 g/mol. The molecule has 0 radical (unpaired) electrons. The summed E-state index contributed by atoms with van der Waals surface area (Å²) < 4.78 is 15.5. The van der Waals surface area contributed by atoms with Crippen LogP contribution >= 0.6 is 31.9 Å². The summed E-state index contributed by atoms with van der Waals surface area (Å²) in [6.07, 6.45) is 0. The van der Waals surface area contributed by atoms with Gasteiger partial charge in [0.2, 0.25) is 5.91 Å². The van der Waals surface area contributed by atoms with E-state index in [4.69, 9.17) is 5.73 Å². The highest BCUT2D eigenvalue weighted by Gasteiger charge is 2.21. The van der Waals surface area contributed by atoms with Crippen LogP contribution in [0.5, 0.6) is 0 Å². The molecule has 0 saturated carbocycles. The molecule has 0 aliphatic carbocycles. The minimum Gasteiger partial charge on any atom is -0.370 e. The molecule has 0 saturated heterocycles. The second kappa shape index (κ2) is 6.37. The van der Waals surface area contributed by atoms with Crippen LogP contribution in [0.15, 0.2) is 51.4 Å². The maximum absolute atomic E-state index is 13.9. The van der Waals surface area contributed by atoms with Gasteiger partial charge in [0.1, 0.15) is 11.9 Å². The summed E-state index contributed by atoms with van der Waals surface area (Å²) in [6.45, 7) is 0. The van der Waals surface area contributed by atoms with Crippen LogP contribution in [0.3, 0.4) is 0 Å². The van der Waals surface area contributed by atoms with Crippen LogP contribution in [-0.4, -0.2) is 5.91 Å². The zero-order valence-electron chi connectivity index (χ0n) is 10.2. The molecule has 3 nitrogen and oxygen atoms in total. The monoisotopic (exact) mass is 400 g/mol. The van der Waals surface area contributed by atoms with Gasteiger partial charge in [-0.05, 0) is 42.5 Å². The molecule has 1 atom stereocenters. The predicted molar refractivity (Wildman–Crippen MR) is 83.8 cm³/mol. The Labute approximate surface area is 132 Å². The van der Waals surface area contributed by atoms with Gasteiger partial charge in [-0.25, -0.2) is 4.39 Å². The minimum atomic E-state index is -0.936. The summed E-state index contributed by atoms with van der Waals surface area (Å²) in [5.41, 5.74) is 6.25. The maximum atomic E-state index is 13.9. The Morgan fingerprint density at radius 2 is 1.70 bits per heavy atom. The number of anilines is 1. The van der Waals surface area contributed by atoms with E-state index in [2.05, 4.69) is 37.2 Å². The summed E-state index contributed by atoms with van der Waals surface area (Å²) in [6, 6.07) is 10.6. The molecule has 2 rings (SSSR count). The SMILES string of the molecule is NC(=O)C(Nc1ccc(Br)cc1)c1cc(Br)ccc1F. The topological polar surface area (TPSA) is 55.1 Å². The van der Waals surface area contributed by atoms with Crippen molar-refractivity contribution < 1.29 is 9.18 Å². The highest BCUT2D eigenvalue weighted by Crippen LogP contribution is 2.25. The Kier molecular flexibility index (Phi) is 4.77. The van der Waals surface area contributed by atoms with E-state index in [9.17, 15) is 9.18 Å². The Bertz CT molecular complexity index is 632. The molecule has 0 spiro atoms. The average molecular weight is 402 g/mol. The fourth-order valence-corrected chi connectivity index (χ4v) is 2.39. The number of nitrogens with one attached hydrogen (secondary N) is 1. The van der Waals surface area contributed by atoms with Gasteiger partial charge in [0.05, 0.1) is 0 Å². The van der Waals surface area contributed by atoms with Gasteiger partial charge in [0.15, 0.2) is 0 Å². The van der Waals surface area contributed by atoms with E-state index in [1.165, 1.54) is 12.1 Å². The zero-order valence-corrected chi connectivity index (χ0v) is 13.4. The number of rotatable bonds is 4. The van der Waals surface area contributed by atoms with E-state index >= 15 is 0 Å². The van der Waals surface area contributed by atoms with Gasteiger partial charge in [-0.3, -0.25) is 4.79 Å². The molecule has 2 aromatic carbocycles. The molecule has 1 amide bonds. The van der Waals surface area contributed by atoms with Crippen LogP contribution in [0.1, 0.15) is 11.6 Å². The van der Waals surface area contributed by atoms with E-state index in [1.54, 1.807) is 18.2 Å². The van der Waals surface area contributed by atoms with E-state index in [0.717, 1.165) is 4.47 Å². The molecule has 1 unspecified atom stereocenters. The second-order valence-corrected chi connectivity index (χ2v) is 5.98. The number of primary amides is 1. The van der Waals surface area contributed by atoms with Crippen molar-refractivity contribution in [2.75, 3.05) is 5.32 Å². The summed E-state index contributed by atoms with van der Waals surface area (Å²) in [5, 5.41) is 2.93. The first-order chi connectivity index (χ1) is 9.47. The molecule has 0 aliphatic rings. The van der Waals surface area contributed by atoms with Crippen molar-refractivity contribution in [1.29, 1.82) is 0 Å². The van der Waals surface area contributed by atoms with Crippen molar-refractivity contribution in [2.24, 2.45) is 5.73 Å². The molecule has 6 heteroatoms. The number of hydrogen-bond acceptors (Lipinski definition) is 2. The normalized spacial score (nSPS) is 11.9. The first-order valence-electron chi connectivity index (χ1n) is 5.74. The van der Waals surface area contributed by atoms with E-state index in [-0.39, 0.29) is 5.56 Å². The Balaban J connectivity index is 2.34. The third-order valence-corrected chi connectivity index (χ3v) is 3.73. The van der Waals surface area contributed by atoms with Crippen LogP contribution in [0, 0.1) is 5.82 Å². The Hall–Kier alpha value is -1.40. The lowest BCUT2D eigenvalue weighted by molar-refractivity contribution is -0.118. The van der Waals surface area contributed by atoms with Crippen molar-refractivity contribution in [1.82, 2.24) is 0 Å². The van der Waals surface area contributed by atoms with Gasteiger partial charge >= 0.3 is 0 Å². The summed E-state index contributed by atoms with van der Waals surface area (Å²) in [4.78, 5) is 11.6. The lowest BCUT2D eigenvalue weighted by Gasteiger charge is -2.18. The van der Waals surface area contributed by atoms with Crippen molar-refractivity contribution in [3.8, 4) is 0 Å². The number of halogens is 3. The third kappa shape index (κ3) is 3.58. The Morgan fingerprint density at radius 1 is 1.10 bits per heavy atom. The molecule has 3 N–H and O–H groups in total. The first kappa shape index (κ1) is 15.0. The van der Waals surface area contributed by atoms with Gasteiger partial charge in [0.25, 0.3) is 0 Å². The fraction of sp³-hybridized carbons (Fsp3) is 0.0714. The van der Waals surface area contributed by atoms with E-state index < -0.39 is 17.8 Å². The van der Waals surface area contributed by atoms with E-state index in [1.807, 2.05) is 12.1 Å². The summed E-state index contributed by atoms with van der Waals surface area (Å²) in [7, 11) is 0. The van der Waals surface area contributed by atoms with Gasteiger partial charge in [-0.2, -0.15) is 0 Å². The lowest BCUT2D eigenvalue weighted by atomic mass is 10.1. The molecular formula is C14H11Br2FN2O. The molecule has 0 aromatic heterocycles. The number of nitrogens with two attached hydrogens (primary N) is 1. The van der Waals surface area contributed by atoms with Crippen molar-refractivity contribution in [3.05, 3.63) is 62.8 Å². The number of carbonyl (C=O) groups is 1. The summed E-state index contributed by atoms with van der Waals surface area (Å²) >= 11 is 6.58. The third-order valence-electron chi connectivity index (χ3n) is 2.71. The smallest absolute Gasteiger partial charge is 0.244 e. The molecule has 0 fully saturated rings. The molecule has 0 bridgehead atoms. The van der Waals surface area contributed by atoms with Crippen LogP contribution in [0.25, 0.3) is 0 Å². The minimum absolute atomic E-state index is 0.204. The van der Waals surface area contributed by atoms with Crippen LogP contribution in [0.4, 0.5) is 10.1 Å². The molecule has 20 heavy (non-hydrogen) atoms. The van der Waals surface area contributed by atoms with Crippen molar-refractivity contribution in [2.45, 2.75) is 6.04 Å². The van der Waals surface area contributed by atoms with E-state index in [0.29, 0.717) is 10.2 Å². The highest BCUT2D eigenvalue weighted by atomic mass is 79.9. The molecule has 104 valence electrons. The second-order valence-electron chi connectivity index (χ2n) is 4.15. The molecule has 0 heterocycles. The van der Waals surface area contributed by atoms with Crippen molar-refractivity contribution in [3.63, 3.8) is 0 Å². The van der Waals surface area contributed by atoms with Crippen LogP contribution in [-0.2, 0) is 4.79 Å². The zero-order chi connectivity index (χ0) is 14.7. The standard InChI is InChI=1S/C14H11Br2FN2O/c15-8-1-4-10(5-2-8)19-13(14(18)20)11-7-9(16)3-6-12(11)17/h1-7,13,19H,(H2,18,20). The Morgan fingerprint density at radius 3 is 2.30 bits per heavy atom. The average Bonchev–Trinajstić information content (AvgIpc) is 2.41. The lowest BCUT2D eigenvalue weighted by Crippen LogP contribution is -2.28. The van der Waals surface area contributed by atoms with Crippen LogP contribution < -0.4 is 11.1 Å².